The van der Waals surface area contributed by atoms with Gasteiger partial charge in [-0.15, -0.1) is 0 Å². The van der Waals surface area contributed by atoms with Crippen LogP contribution >= 0.6 is 0 Å². The number of fused-ring (bicyclic) bond motifs is 2. The van der Waals surface area contributed by atoms with Crippen molar-refractivity contribution in [2.24, 2.45) is 41.4 Å². The van der Waals surface area contributed by atoms with Crippen molar-refractivity contribution in [3.63, 3.8) is 0 Å². The van der Waals surface area contributed by atoms with Crippen LogP contribution in [0.3, 0.4) is 0 Å². The van der Waals surface area contributed by atoms with Gasteiger partial charge in [0.15, 0.2) is 0 Å². The second kappa shape index (κ2) is 6.35. The summed E-state index contributed by atoms with van der Waals surface area (Å²) in [6.07, 6.45) is 7.17. The Bertz CT molecular complexity index is 620. The Labute approximate surface area is 155 Å². The number of esters is 3. The molecular weight excluding hydrogens is 332 g/mol. The van der Waals surface area contributed by atoms with E-state index in [1.54, 1.807) is 6.92 Å². The second-order valence-corrected chi connectivity index (χ2v) is 9.42. The molecule has 3 saturated carbocycles. The third-order valence-electron chi connectivity index (χ3n) is 7.85. The molecule has 0 radical (unpaired) electrons. The monoisotopic (exact) mass is 362 g/mol. The number of ether oxygens (including phenoxy) is 2. The number of hydrogen-bond donors (Lipinski definition) is 0. The molecule has 1 aliphatic heterocycles. The minimum atomic E-state index is -0.413. The summed E-state index contributed by atoms with van der Waals surface area (Å²) < 4.78 is 10.9. The highest BCUT2D eigenvalue weighted by Gasteiger charge is 2.60. The smallest absolute Gasteiger partial charge is 0.317 e. The van der Waals surface area contributed by atoms with Crippen LogP contribution in [0, 0.1) is 41.4 Å². The maximum Gasteiger partial charge on any atom is 0.317 e. The van der Waals surface area contributed by atoms with Gasteiger partial charge in [0, 0.05) is 0 Å². The third-order valence-corrected chi connectivity index (χ3v) is 7.85. The molecule has 0 aromatic heterocycles. The first-order chi connectivity index (χ1) is 12.3. The molecule has 7 atom stereocenters. The molecule has 0 aromatic rings. The number of carbonyl (C=O) groups excluding carboxylic acids is 3. The molecule has 3 aliphatic carbocycles. The molecule has 0 N–H and O–H groups in total. The maximum atomic E-state index is 13.0. The summed E-state index contributed by atoms with van der Waals surface area (Å²) in [7, 11) is 0. The van der Waals surface area contributed by atoms with E-state index in [0.29, 0.717) is 11.8 Å². The molecule has 4 aliphatic rings. The Morgan fingerprint density at radius 3 is 2.35 bits per heavy atom. The summed E-state index contributed by atoms with van der Waals surface area (Å²) in [6.45, 7) is 6.02. The molecule has 7 unspecified atom stereocenters. The first kappa shape index (κ1) is 18.0. The van der Waals surface area contributed by atoms with Crippen molar-refractivity contribution in [2.45, 2.75) is 71.3 Å². The predicted octanol–water partition coefficient (Wildman–Crippen LogP) is 3.50. The second-order valence-electron chi connectivity index (χ2n) is 9.42. The average molecular weight is 362 g/mol. The van der Waals surface area contributed by atoms with E-state index >= 15 is 0 Å². The SMILES string of the molecule is CC1C(=O)OC(=O)C1C1C(C)C2CC(C(=O)OC3(C)CCCCC3)C1C2. The Morgan fingerprint density at radius 2 is 1.77 bits per heavy atom. The fourth-order valence-electron chi connectivity index (χ4n) is 6.36. The van der Waals surface area contributed by atoms with E-state index in [1.165, 1.54) is 6.42 Å². The van der Waals surface area contributed by atoms with Gasteiger partial charge in [0.25, 0.3) is 0 Å². The Morgan fingerprint density at radius 1 is 1.08 bits per heavy atom. The molecule has 1 saturated heterocycles. The topological polar surface area (TPSA) is 69.7 Å². The van der Waals surface area contributed by atoms with Gasteiger partial charge in [-0.1, -0.05) is 20.3 Å². The van der Waals surface area contributed by atoms with Gasteiger partial charge in [-0.2, -0.15) is 0 Å². The molecule has 144 valence electrons. The highest BCUT2D eigenvalue weighted by molar-refractivity contribution is 5.96. The van der Waals surface area contributed by atoms with Crippen molar-refractivity contribution in [3.05, 3.63) is 0 Å². The summed E-state index contributed by atoms with van der Waals surface area (Å²) in [4.78, 5) is 37.1. The van der Waals surface area contributed by atoms with Gasteiger partial charge in [0.2, 0.25) is 0 Å². The quantitative estimate of drug-likeness (QED) is 0.568. The zero-order chi connectivity index (χ0) is 18.6. The lowest BCUT2D eigenvalue weighted by Gasteiger charge is -2.39. The van der Waals surface area contributed by atoms with Gasteiger partial charge in [-0.3, -0.25) is 14.4 Å². The normalized spacial score (nSPS) is 44.2. The van der Waals surface area contributed by atoms with Crippen molar-refractivity contribution in [3.8, 4) is 0 Å². The fourth-order valence-corrected chi connectivity index (χ4v) is 6.36. The third kappa shape index (κ3) is 2.78. The summed E-state index contributed by atoms with van der Waals surface area (Å²) >= 11 is 0. The van der Waals surface area contributed by atoms with Crippen LogP contribution in [-0.2, 0) is 23.9 Å². The standard InChI is InChI=1S/C21H30O5/c1-11-13-9-14(16(11)17-12(2)18(22)25-20(17)24)15(10-13)19(23)26-21(3)7-5-4-6-8-21/h11-17H,4-10H2,1-3H3. The van der Waals surface area contributed by atoms with Crippen LogP contribution in [0.4, 0.5) is 0 Å². The molecular formula is C21H30O5. The minimum Gasteiger partial charge on any atom is -0.459 e. The van der Waals surface area contributed by atoms with E-state index in [2.05, 4.69) is 13.8 Å². The van der Waals surface area contributed by atoms with Crippen LogP contribution in [-0.4, -0.2) is 23.5 Å². The van der Waals surface area contributed by atoms with Gasteiger partial charge in [-0.05, 0) is 69.1 Å². The minimum absolute atomic E-state index is 0.0550. The highest BCUT2D eigenvalue weighted by atomic mass is 16.6. The molecule has 0 aromatic carbocycles. The molecule has 26 heavy (non-hydrogen) atoms. The van der Waals surface area contributed by atoms with Crippen LogP contribution in [0.1, 0.15) is 65.7 Å². The van der Waals surface area contributed by atoms with Crippen LogP contribution < -0.4 is 0 Å². The Balaban J connectivity index is 1.50. The van der Waals surface area contributed by atoms with Crippen LogP contribution in [0.25, 0.3) is 0 Å². The molecule has 4 rings (SSSR count). The lowest BCUT2D eigenvalue weighted by Crippen LogP contribution is -2.42. The van der Waals surface area contributed by atoms with E-state index in [1.807, 2.05) is 0 Å². The fraction of sp³-hybridized carbons (Fsp3) is 0.857. The summed E-state index contributed by atoms with van der Waals surface area (Å²) in [5.74, 6) is -0.824. The average Bonchev–Trinajstić information content (AvgIpc) is 3.21. The van der Waals surface area contributed by atoms with E-state index in [-0.39, 0.29) is 29.3 Å². The van der Waals surface area contributed by atoms with Crippen molar-refractivity contribution in [2.75, 3.05) is 0 Å². The lowest BCUT2D eigenvalue weighted by molar-refractivity contribution is -0.170. The van der Waals surface area contributed by atoms with E-state index in [0.717, 1.165) is 38.5 Å². The van der Waals surface area contributed by atoms with Gasteiger partial charge in [-0.25, -0.2) is 0 Å². The number of hydrogen-bond acceptors (Lipinski definition) is 5. The van der Waals surface area contributed by atoms with E-state index in [9.17, 15) is 14.4 Å². The molecule has 2 bridgehead atoms. The highest BCUT2D eigenvalue weighted by Crippen LogP contribution is 2.59. The van der Waals surface area contributed by atoms with Gasteiger partial charge in [0.1, 0.15) is 5.60 Å². The van der Waals surface area contributed by atoms with Crippen molar-refractivity contribution in [1.29, 1.82) is 0 Å². The summed E-state index contributed by atoms with van der Waals surface area (Å²) in [6, 6.07) is 0. The van der Waals surface area contributed by atoms with Crippen molar-refractivity contribution < 1.29 is 23.9 Å². The van der Waals surface area contributed by atoms with Gasteiger partial charge >= 0.3 is 17.9 Å². The van der Waals surface area contributed by atoms with Crippen molar-refractivity contribution in [1.82, 2.24) is 0 Å². The summed E-state index contributed by atoms with van der Waals surface area (Å²) in [5.41, 5.74) is -0.326. The van der Waals surface area contributed by atoms with E-state index < -0.39 is 23.8 Å². The maximum absolute atomic E-state index is 13.0. The largest absolute Gasteiger partial charge is 0.459 e. The molecule has 5 heteroatoms. The molecule has 1 heterocycles. The van der Waals surface area contributed by atoms with Gasteiger partial charge in [0.05, 0.1) is 17.8 Å². The first-order valence-corrected chi connectivity index (χ1v) is 10.3. The van der Waals surface area contributed by atoms with Crippen LogP contribution in [0.15, 0.2) is 0 Å². The Hall–Kier alpha value is -1.39. The Kier molecular flexibility index (Phi) is 4.39. The molecule has 4 fully saturated rings. The summed E-state index contributed by atoms with van der Waals surface area (Å²) in [5, 5.41) is 0. The van der Waals surface area contributed by atoms with Crippen LogP contribution in [0.5, 0.6) is 0 Å². The molecule has 0 amide bonds. The number of cyclic esters (lactones) is 2. The van der Waals surface area contributed by atoms with Crippen molar-refractivity contribution >= 4 is 17.9 Å². The van der Waals surface area contributed by atoms with Crippen LogP contribution in [0.2, 0.25) is 0 Å². The lowest BCUT2D eigenvalue weighted by atomic mass is 9.66. The number of carbonyl (C=O) groups is 3. The molecule has 0 spiro atoms. The van der Waals surface area contributed by atoms with E-state index in [4.69, 9.17) is 9.47 Å². The first-order valence-electron chi connectivity index (χ1n) is 10.3. The zero-order valence-corrected chi connectivity index (χ0v) is 16.0. The zero-order valence-electron chi connectivity index (χ0n) is 16.0. The van der Waals surface area contributed by atoms with Gasteiger partial charge < -0.3 is 9.47 Å². The predicted molar refractivity (Wildman–Crippen MR) is 93.7 cm³/mol. The molecule has 5 nitrogen and oxygen atoms in total. The number of rotatable bonds is 3.